The van der Waals surface area contributed by atoms with Crippen LogP contribution in [0.1, 0.15) is 69.4 Å². The van der Waals surface area contributed by atoms with Crippen molar-refractivity contribution >= 4 is 22.8 Å². The van der Waals surface area contributed by atoms with E-state index in [9.17, 15) is 27.2 Å². The van der Waals surface area contributed by atoms with Crippen molar-refractivity contribution in [1.29, 1.82) is 0 Å². The normalized spacial score (nSPS) is 20.8. The summed E-state index contributed by atoms with van der Waals surface area (Å²) in [5.74, 6) is -8.67. The molecule has 8 nitrogen and oxygen atoms in total. The predicted molar refractivity (Wildman–Crippen MR) is 160 cm³/mol. The van der Waals surface area contributed by atoms with Gasteiger partial charge in [-0.1, -0.05) is 19.1 Å². The maximum absolute atomic E-state index is 15.4. The van der Waals surface area contributed by atoms with Crippen molar-refractivity contribution in [3.8, 4) is 11.1 Å². The number of fused-ring (bicyclic) bond motifs is 5. The molecule has 1 aliphatic heterocycles. The van der Waals surface area contributed by atoms with Crippen molar-refractivity contribution in [2.75, 3.05) is 0 Å². The molecule has 3 aromatic heterocycles. The fourth-order valence-electron chi connectivity index (χ4n) is 7.50. The number of carbonyl (C=O) groups excluding carboxylic acids is 2. The number of aromatic amines is 1. The van der Waals surface area contributed by atoms with Crippen LogP contribution in [0.25, 0.3) is 22.2 Å². The van der Waals surface area contributed by atoms with Gasteiger partial charge in [-0.05, 0) is 59.4 Å². The maximum Gasteiger partial charge on any atom is 0.293 e. The lowest BCUT2D eigenvalue weighted by Gasteiger charge is -2.23. The Labute approximate surface area is 268 Å². The second-order valence-electron chi connectivity index (χ2n) is 12.6. The van der Waals surface area contributed by atoms with Gasteiger partial charge in [0.15, 0.2) is 0 Å². The van der Waals surface area contributed by atoms with Crippen molar-refractivity contribution in [3.63, 3.8) is 0 Å². The molecule has 2 amide bonds. The molecule has 4 atom stereocenters. The molecule has 3 aliphatic rings. The second kappa shape index (κ2) is 10.7. The van der Waals surface area contributed by atoms with Crippen LogP contribution in [-0.4, -0.2) is 31.6 Å². The summed E-state index contributed by atoms with van der Waals surface area (Å²) in [6.07, 6.45) is -1.64. The molecule has 1 fully saturated rings. The molecule has 2 aliphatic carbocycles. The molecule has 0 saturated heterocycles. The minimum absolute atomic E-state index is 0.161. The molecule has 0 radical (unpaired) electrons. The van der Waals surface area contributed by atoms with Crippen LogP contribution >= 0.6 is 0 Å². The van der Waals surface area contributed by atoms with Gasteiger partial charge in [0.25, 0.3) is 18.3 Å². The topological polar surface area (TPSA) is 105 Å². The Bertz CT molecular complexity index is 2140. The Hall–Kier alpha value is -5.14. The van der Waals surface area contributed by atoms with Crippen molar-refractivity contribution in [1.82, 2.24) is 30.4 Å². The van der Waals surface area contributed by atoms with E-state index in [1.165, 1.54) is 0 Å². The molecule has 3 N–H and O–H groups in total. The number of benzene rings is 2. The van der Waals surface area contributed by atoms with E-state index in [2.05, 4.69) is 20.7 Å². The molecule has 8 rings (SSSR count). The Kier molecular flexibility index (Phi) is 6.73. The van der Waals surface area contributed by atoms with Crippen LogP contribution in [0.3, 0.4) is 0 Å². The number of H-pyrrole nitrogens is 1. The molecule has 0 bridgehead atoms. The average molecular weight is 665 g/mol. The van der Waals surface area contributed by atoms with E-state index in [1.807, 2.05) is 0 Å². The van der Waals surface area contributed by atoms with Gasteiger partial charge in [0.2, 0.25) is 5.91 Å². The molecule has 1 unspecified atom stereocenters. The third kappa shape index (κ3) is 4.75. The Morgan fingerprint density at radius 2 is 1.83 bits per heavy atom. The van der Waals surface area contributed by atoms with Crippen molar-refractivity contribution < 1.29 is 35.9 Å². The molecule has 0 spiro atoms. The number of hydrogen-bond donors (Lipinski definition) is 3. The zero-order valence-electron chi connectivity index (χ0n) is 25.1. The highest BCUT2D eigenvalue weighted by molar-refractivity contribution is 5.99. The number of halogens is 6. The van der Waals surface area contributed by atoms with Gasteiger partial charge in [-0.3, -0.25) is 14.3 Å². The quantitative estimate of drug-likeness (QED) is 0.166. The van der Waals surface area contributed by atoms with Gasteiger partial charge in [0.05, 0.1) is 22.8 Å². The first-order chi connectivity index (χ1) is 22.9. The lowest BCUT2D eigenvalue weighted by atomic mass is 9.93. The summed E-state index contributed by atoms with van der Waals surface area (Å²) < 4.78 is 88.1. The average Bonchev–Trinajstić information content (AvgIpc) is 3.43. The van der Waals surface area contributed by atoms with E-state index in [0.717, 1.165) is 17.7 Å². The summed E-state index contributed by atoms with van der Waals surface area (Å²) in [5, 5.41) is 9.29. The standard InChI is InChI=1S/C34H26F6N6O2/c1-14-26-27-30(32(37)38)45-46(31(27)34(39,40)28(14)26)13-25(47)43-24(8-15-6-18(35)10-19(36)7-15)29-20(11-23-22(44-29)4-5-41-23)16-2-3-17-12-42-33(48)21(17)9-16/h2-7,9-11,14,24,26,28,32,41H,8,12-13H2,1H3,(H,42,48)(H,43,47)/t14-,24?,26-,28-/m1/s1. The number of pyridine rings is 1. The van der Waals surface area contributed by atoms with Crippen LogP contribution in [0.4, 0.5) is 26.3 Å². The van der Waals surface area contributed by atoms with Crippen LogP contribution in [0.15, 0.2) is 54.7 Å². The van der Waals surface area contributed by atoms with Gasteiger partial charge in [-0.25, -0.2) is 22.5 Å². The van der Waals surface area contributed by atoms with Crippen molar-refractivity contribution in [3.05, 3.63) is 106 Å². The summed E-state index contributed by atoms with van der Waals surface area (Å²) in [7, 11) is 0. The Morgan fingerprint density at radius 3 is 2.58 bits per heavy atom. The highest BCUT2D eigenvalue weighted by atomic mass is 19.3. The Balaban J connectivity index is 1.21. The zero-order chi connectivity index (χ0) is 33.6. The zero-order valence-corrected chi connectivity index (χ0v) is 25.1. The first-order valence-electron chi connectivity index (χ1n) is 15.3. The number of alkyl halides is 4. The van der Waals surface area contributed by atoms with Crippen molar-refractivity contribution in [2.45, 2.75) is 50.7 Å². The number of aromatic nitrogens is 4. The van der Waals surface area contributed by atoms with Gasteiger partial charge >= 0.3 is 0 Å². The number of amides is 2. The largest absolute Gasteiger partial charge is 0.360 e. The highest BCUT2D eigenvalue weighted by Gasteiger charge is 2.71. The maximum atomic E-state index is 15.4. The van der Waals surface area contributed by atoms with Crippen LogP contribution in [0.5, 0.6) is 0 Å². The van der Waals surface area contributed by atoms with Gasteiger partial charge < -0.3 is 15.6 Å². The lowest BCUT2D eigenvalue weighted by molar-refractivity contribution is -0.123. The third-order valence-electron chi connectivity index (χ3n) is 9.66. The van der Waals surface area contributed by atoms with E-state index >= 15 is 8.78 Å². The Morgan fingerprint density at radius 1 is 1.06 bits per heavy atom. The van der Waals surface area contributed by atoms with Gasteiger partial charge in [-0.2, -0.15) is 13.9 Å². The fourth-order valence-corrected chi connectivity index (χ4v) is 7.50. The summed E-state index contributed by atoms with van der Waals surface area (Å²) in [5.41, 5.74) is 2.19. The van der Waals surface area contributed by atoms with Crippen molar-refractivity contribution in [2.24, 2.45) is 11.8 Å². The van der Waals surface area contributed by atoms with Gasteiger partial charge in [-0.15, -0.1) is 0 Å². The molecule has 48 heavy (non-hydrogen) atoms. The summed E-state index contributed by atoms with van der Waals surface area (Å²) >= 11 is 0. The molecule has 2 aromatic carbocycles. The number of rotatable bonds is 8. The van der Waals surface area contributed by atoms with E-state index in [1.54, 1.807) is 43.5 Å². The minimum Gasteiger partial charge on any atom is -0.360 e. The number of hydrogen-bond acceptors (Lipinski definition) is 4. The van der Waals surface area contributed by atoms with Gasteiger partial charge in [0, 0.05) is 47.3 Å². The summed E-state index contributed by atoms with van der Waals surface area (Å²) in [4.78, 5) is 34.0. The van der Waals surface area contributed by atoms with E-state index in [-0.39, 0.29) is 29.1 Å². The molecule has 14 heteroatoms. The van der Waals surface area contributed by atoms with Crippen LogP contribution in [0, 0.1) is 23.5 Å². The summed E-state index contributed by atoms with van der Waals surface area (Å²) in [6.45, 7) is 1.13. The number of carbonyl (C=O) groups is 2. The van der Waals surface area contributed by atoms with Crippen LogP contribution < -0.4 is 10.6 Å². The number of nitrogens with zero attached hydrogens (tertiary/aromatic N) is 3. The predicted octanol–water partition coefficient (Wildman–Crippen LogP) is 6.44. The van der Waals surface area contributed by atoms with E-state index < -0.39 is 71.6 Å². The lowest BCUT2D eigenvalue weighted by Crippen LogP contribution is -2.35. The second-order valence-corrected chi connectivity index (χ2v) is 12.6. The van der Waals surface area contributed by atoms with Gasteiger partial charge in [0.1, 0.15) is 29.6 Å². The first-order valence-corrected chi connectivity index (χ1v) is 15.3. The van der Waals surface area contributed by atoms with Crippen LogP contribution in [0.2, 0.25) is 0 Å². The van der Waals surface area contributed by atoms with Crippen LogP contribution in [-0.2, 0) is 30.2 Å². The summed E-state index contributed by atoms with van der Waals surface area (Å²) in [6, 6.07) is 10.5. The number of nitrogens with one attached hydrogen (secondary N) is 3. The molecule has 246 valence electrons. The van der Waals surface area contributed by atoms with E-state index in [4.69, 9.17) is 4.98 Å². The highest BCUT2D eigenvalue weighted by Crippen LogP contribution is 2.71. The molecule has 1 saturated carbocycles. The minimum atomic E-state index is -3.45. The molecular weight excluding hydrogens is 638 g/mol. The molecular formula is C34H26F6N6O2. The molecule has 5 aromatic rings. The van der Waals surface area contributed by atoms with E-state index in [0.29, 0.717) is 45.0 Å². The fraction of sp³-hybridized carbons (Fsp3) is 0.294. The SMILES string of the molecule is C[C@@H]1[C@@H]2c3c(C(F)F)nn(CC(=O)NC(Cc4cc(F)cc(F)c4)c4nc5cc[nH]c5cc4-c4ccc5c(c4)C(=O)NC5)c3C(F)(F)[C@H]12. The third-order valence-corrected chi connectivity index (χ3v) is 9.66. The first kappa shape index (κ1) is 30.2. The monoisotopic (exact) mass is 664 g/mol. The molecule has 4 heterocycles. The smallest absolute Gasteiger partial charge is 0.293 e.